The third-order valence-corrected chi connectivity index (χ3v) is 1.12. The molecule has 0 heterocycles. The minimum atomic E-state index is 0.699. The maximum absolute atomic E-state index is 4.95. The minimum Gasteiger partial charge on any atom is -0.277 e. The van der Waals surface area contributed by atoms with Gasteiger partial charge < -0.3 is 0 Å². The largest absolute Gasteiger partial charge is 0.277 e. The van der Waals surface area contributed by atoms with Gasteiger partial charge in [0.25, 0.3) is 0 Å². The number of allylic oxidation sites excluding steroid dienone is 2. The van der Waals surface area contributed by atoms with Crippen LogP contribution in [0.25, 0.3) is 0 Å². The van der Waals surface area contributed by atoms with E-state index in [-0.39, 0.29) is 0 Å². The molecule has 0 aliphatic carbocycles. The van der Waals surface area contributed by atoms with E-state index in [1.807, 2.05) is 27.7 Å². The molecule has 54 valence electrons. The summed E-state index contributed by atoms with van der Waals surface area (Å²) in [7, 11) is 0. The molecule has 0 saturated heterocycles. The molecule has 0 aliphatic rings. The Morgan fingerprint density at radius 2 is 1.89 bits per heavy atom. The maximum atomic E-state index is 4.95. The van der Waals surface area contributed by atoms with Gasteiger partial charge in [0.1, 0.15) is 0 Å². The molecule has 0 aromatic rings. The number of rotatable bonds is 3. The monoisotopic (exact) mass is 129 g/mol. The lowest BCUT2D eigenvalue weighted by atomic mass is 10.3. The fourth-order valence-corrected chi connectivity index (χ4v) is 0.282. The summed E-state index contributed by atoms with van der Waals surface area (Å²) in [5.41, 5.74) is 5.16. The molecule has 0 saturated carbocycles. The molecule has 0 amide bonds. The van der Waals surface area contributed by atoms with Crippen molar-refractivity contribution < 1.29 is 4.84 Å². The van der Waals surface area contributed by atoms with Crippen LogP contribution in [-0.4, -0.2) is 6.61 Å². The van der Waals surface area contributed by atoms with Crippen LogP contribution in [0.15, 0.2) is 11.3 Å². The van der Waals surface area contributed by atoms with Crippen LogP contribution in [0.4, 0.5) is 0 Å². The predicted molar refractivity (Wildman–Crippen MR) is 38.8 cm³/mol. The van der Waals surface area contributed by atoms with Crippen LogP contribution in [-0.2, 0) is 4.84 Å². The smallest absolute Gasteiger partial charge is 0.0717 e. The molecule has 0 spiro atoms. The van der Waals surface area contributed by atoms with E-state index in [0.717, 1.165) is 5.70 Å². The Hall–Kier alpha value is -0.500. The van der Waals surface area contributed by atoms with Crippen LogP contribution in [0.1, 0.15) is 27.7 Å². The lowest BCUT2D eigenvalue weighted by Gasteiger charge is -2.05. The van der Waals surface area contributed by atoms with Gasteiger partial charge in [-0.25, -0.2) is 0 Å². The van der Waals surface area contributed by atoms with Gasteiger partial charge in [-0.15, -0.1) is 0 Å². The van der Waals surface area contributed by atoms with E-state index in [4.69, 9.17) is 4.84 Å². The van der Waals surface area contributed by atoms with Gasteiger partial charge in [-0.1, -0.05) is 5.57 Å². The lowest BCUT2D eigenvalue weighted by Crippen LogP contribution is -2.12. The van der Waals surface area contributed by atoms with E-state index >= 15 is 0 Å². The summed E-state index contributed by atoms with van der Waals surface area (Å²) in [5, 5.41) is 0. The van der Waals surface area contributed by atoms with Gasteiger partial charge >= 0.3 is 0 Å². The Morgan fingerprint density at radius 1 is 1.33 bits per heavy atom. The van der Waals surface area contributed by atoms with E-state index in [2.05, 4.69) is 5.48 Å². The van der Waals surface area contributed by atoms with Gasteiger partial charge in [0.15, 0.2) is 0 Å². The van der Waals surface area contributed by atoms with Crippen LogP contribution < -0.4 is 5.48 Å². The zero-order valence-corrected chi connectivity index (χ0v) is 6.62. The molecule has 0 unspecified atom stereocenters. The molecule has 0 aliphatic heterocycles. The molecule has 2 heteroatoms. The highest BCUT2D eigenvalue weighted by atomic mass is 16.6. The Labute approximate surface area is 56.9 Å². The molecule has 0 fully saturated rings. The second-order valence-corrected chi connectivity index (χ2v) is 2.16. The summed E-state index contributed by atoms with van der Waals surface area (Å²) in [6, 6.07) is 0. The quantitative estimate of drug-likeness (QED) is 0.587. The van der Waals surface area contributed by atoms with Crippen molar-refractivity contribution in [3.05, 3.63) is 11.3 Å². The number of hydroxylamine groups is 1. The van der Waals surface area contributed by atoms with Crippen LogP contribution in [0, 0.1) is 0 Å². The van der Waals surface area contributed by atoms with Crippen LogP contribution >= 0.6 is 0 Å². The van der Waals surface area contributed by atoms with Crippen molar-refractivity contribution in [3.8, 4) is 0 Å². The van der Waals surface area contributed by atoms with E-state index in [9.17, 15) is 0 Å². The Morgan fingerprint density at radius 3 is 2.22 bits per heavy atom. The summed E-state index contributed by atoms with van der Waals surface area (Å²) < 4.78 is 0. The average Bonchev–Trinajstić information content (AvgIpc) is 1.82. The number of hydrogen-bond acceptors (Lipinski definition) is 2. The van der Waals surface area contributed by atoms with Gasteiger partial charge in [0.05, 0.1) is 6.61 Å². The van der Waals surface area contributed by atoms with E-state index < -0.39 is 0 Å². The van der Waals surface area contributed by atoms with Crippen molar-refractivity contribution in [1.82, 2.24) is 5.48 Å². The first-order chi connectivity index (χ1) is 4.18. The predicted octanol–water partition coefficient (Wildman–Crippen LogP) is 1.84. The van der Waals surface area contributed by atoms with Gasteiger partial charge in [-0.2, -0.15) is 0 Å². The van der Waals surface area contributed by atoms with Crippen LogP contribution in [0.2, 0.25) is 0 Å². The SMILES string of the molecule is CCONC(C)=C(C)C. The van der Waals surface area contributed by atoms with Crippen molar-refractivity contribution in [2.75, 3.05) is 6.61 Å². The minimum absolute atomic E-state index is 0.699. The molecule has 2 nitrogen and oxygen atoms in total. The molecule has 0 rings (SSSR count). The number of nitrogens with one attached hydrogen (secondary N) is 1. The van der Waals surface area contributed by atoms with Crippen molar-refractivity contribution in [2.45, 2.75) is 27.7 Å². The molecule has 0 bridgehead atoms. The van der Waals surface area contributed by atoms with Crippen molar-refractivity contribution in [2.24, 2.45) is 0 Å². The second-order valence-electron chi connectivity index (χ2n) is 2.16. The van der Waals surface area contributed by atoms with Crippen LogP contribution in [0.3, 0.4) is 0 Å². The van der Waals surface area contributed by atoms with E-state index in [1.54, 1.807) is 0 Å². The summed E-state index contributed by atoms with van der Waals surface area (Å²) in [4.78, 5) is 4.95. The second kappa shape index (κ2) is 4.39. The zero-order chi connectivity index (χ0) is 7.28. The molecule has 0 atom stereocenters. The number of hydrogen-bond donors (Lipinski definition) is 1. The molecular weight excluding hydrogens is 114 g/mol. The molecular formula is C7H15NO. The topological polar surface area (TPSA) is 21.3 Å². The highest BCUT2D eigenvalue weighted by Gasteiger charge is 1.87. The normalized spacial score (nSPS) is 8.89. The van der Waals surface area contributed by atoms with Crippen LogP contribution in [0.5, 0.6) is 0 Å². The molecule has 0 radical (unpaired) electrons. The first-order valence-corrected chi connectivity index (χ1v) is 3.20. The summed E-state index contributed by atoms with van der Waals surface area (Å²) in [5.74, 6) is 0. The average molecular weight is 129 g/mol. The zero-order valence-electron chi connectivity index (χ0n) is 6.62. The highest BCUT2D eigenvalue weighted by Crippen LogP contribution is 1.95. The standard InChI is InChI=1S/C7H15NO/c1-5-9-8-7(4)6(2)3/h8H,5H2,1-4H3. The summed E-state index contributed by atoms with van der Waals surface area (Å²) in [6.45, 7) is 8.73. The van der Waals surface area contributed by atoms with Crippen molar-refractivity contribution in [3.63, 3.8) is 0 Å². The molecule has 0 aromatic carbocycles. The molecule has 0 aromatic heterocycles. The first kappa shape index (κ1) is 8.50. The Kier molecular flexibility index (Phi) is 4.14. The Bertz CT molecular complexity index is 103. The molecule has 1 N–H and O–H groups in total. The highest BCUT2D eigenvalue weighted by molar-refractivity contribution is 5.02. The third-order valence-electron chi connectivity index (χ3n) is 1.12. The molecule has 9 heavy (non-hydrogen) atoms. The fourth-order valence-electron chi connectivity index (χ4n) is 0.282. The summed E-state index contributed by atoms with van der Waals surface area (Å²) in [6.07, 6.45) is 0. The fraction of sp³-hybridized carbons (Fsp3) is 0.714. The van der Waals surface area contributed by atoms with Gasteiger partial charge in [0, 0.05) is 5.70 Å². The Balaban J connectivity index is 3.50. The maximum Gasteiger partial charge on any atom is 0.0717 e. The summed E-state index contributed by atoms with van der Waals surface area (Å²) >= 11 is 0. The van der Waals surface area contributed by atoms with E-state index in [1.165, 1.54) is 5.57 Å². The van der Waals surface area contributed by atoms with Gasteiger partial charge in [-0.05, 0) is 27.7 Å². The van der Waals surface area contributed by atoms with Gasteiger partial charge in [0.2, 0.25) is 0 Å². The van der Waals surface area contributed by atoms with E-state index in [0.29, 0.717) is 6.61 Å². The van der Waals surface area contributed by atoms with Crippen molar-refractivity contribution >= 4 is 0 Å². The van der Waals surface area contributed by atoms with Gasteiger partial charge in [-0.3, -0.25) is 10.3 Å². The first-order valence-electron chi connectivity index (χ1n) is 3.20. The van der Waals surface area contributed by atoms with Crippen molar-refractivity contribution in [1.29, 1.82) is 0 Å². The third kappa shape index (κ3) is 4.03. The lowest BCUT2D eigenvalue weighted by molar-refractivity contribution is 0.0729.